The van der Waals surface area contributed by atoms with E-state index in [0.717, 1.165) is 50.9 Å². The SMILES string of the molecule is O=[N+]([O-])c1ccc(-c2ccc(/C=C/c3ccc(C4=CC=C(c5ccc(/C=C/c6ccc(-c7ccc([N+](=O)[O-])cc7)cc6)cc5)C4)cc3)cc2)cc1. The Hall–Kier alpha value is -6.92. The molecule has 0 spiro atoms. The van der Waals surface area contributed by atoms with Crippen LogP contribution in [-0.2, 0) is 0 Å². The van der Waals surface area contributed by atoms with Crippen LogP contribution in [0, 0.1) is 20.2 Å². The van der Waals surface area contributed by atoms with Crippen molar-refractivity contribution in [2.75, 3.05) is 0 Å². The van der Waals surface area contributed by atoms with Gasteiger partial charge in [0.1, 0.15) is 0 Å². The first-order valence-electron chi connectivity index (χ1n) is 16.5. The summed E-state index contributed by atoms with van der Waals surface area (Å²) in [5.74, 6) is 0. The average Bonchev–Trinajstić information content (AvgIpc) is 3.68. The largest absolute Gasteiger partial charge is 0.269 e. The van der Waals surface area contributed by atoms with Crippen molar-refractivity contribution in [1.82, 2.24) is 0 Å². The second kappa shape index (κ2) is 14.7. The zero-order chi connectivity index (χ0) is 35.2. The van der Waals surface area contributed by atoms with Crippen molar-refractivity contribution in [1.29, 1.82) is 0 Å². The summed E-state index contributed by atoms with van der Waals surface area (Å²) in [5, 5.41) is 21.8. The highest BCUT2D eigenvalue weighted by Crippen LogP contribution is 2.34. The minimum atomic E-state index is -0.387. The third kappa shape index (κ3) is 7.88. The fourth-order valence-corrected chi connectivity index (χ4v) is 6.05. The van der Waals surface area contributed by atoms with Gasteiger partial charge in [0, 0.05) is 24.3 Å². The molecule has 0 saturated carbocycles. The van der Waals surface area contributed by atoms with Gasteiger partial charge in [0.15, 0.2) is 0 Å². The van der Waals surface area contributed by atoms with Crippen LogP contribution in [0.25, 0.3) is 57.7 Å². The summed E-state index contributed by atoms with van der Waals surface area (Å²) in [6.07, 6.45) is 13.7. The number of nitrogens with zero attached hydrogens (tertiary/aromatic N) is 2. The van der Waals surface area contributed by atoms with E-state index in [2.05, 4.69) is 85.0 Å². The van der Waals surface area contributed by atoms with Gasteiger partial charge in [-0.2, -0.15) is 0 Å². The summed E-state index contributed by atoms with van der Waals surface area (Å²) in [5.41, 5.74) is 13.5. The van der Waals surface area contributed by atoms with Crippen LogP contribution in [0.3, 0.4) is 0 Å². The van der Waals surface area contributed by atoms with Gasteiger partial charge in [-0.15, -0.1) is 0 Å². The maximum atomic E-state index is 10.9. The Kier molecular flexibility index (Phi) is 9.39. The molecule has 6 heteroatoms. The molecule has 6 aromatic rings. The van der Waals surface area contributed by atoms with Gasteiger partial charge in [-0.3, -0.25) is 20.2 Å². The smallest absolute Gasteiger partial charge is 0.258 e. The van der Waals surface area contributed by atoms with E-state index in [0.29, 0.717) is 0 Å². The van der Waals surface area contributed by atoms with Gasteiger partial charge in [0.2, 0.25) is 0 Å². The molecule has 7 rings (SSSR count). The first kappa shape index (κ1) is 32.6. The van der Waals surface area contributed by atoms with Crippen molar-refractivity contribution in [2.45, 2.75) is 6.42 Å². The first-order valence-corrected chi connectivity index (χ1v) is 16.5. The van der Waals surface area contributed by atoms with E-state index >= 15 is 0 Å². The molecule has 0 fully saturated rings. The molecule has 0 heterocycles. The zero-order valence-electron chi connectivity index (χ0n) is 27.6. The van der Waals surface area contributed by atoms with Crippen molar-refractivity contribution in [3.05, 3.63) is 211 Å². The molecule has 1 aliphatic carbocycles. The molecule has 6 nitrogen and oxygen atoms in total. The minimum absolute atomic E-state index is 0.0889. The third-order valence-corrected chi connectivity index (χ3v) is 9.01. The van der Waals surface area contributed by atoms with Crippen LogP contribution < -0.4 is 0 Å². The average molecular weight is 665 g/mol. The molecule has 0 aliphatic heterocycles. The molecular formula is C45H32N2O4. The number of hydrogen-bond donors (Lipinski definition) is 0. The van der Waals surface area contributed by atoms with Crippen LogP contribution in [0.4, 0.5) is 11.4 Å². The van der Waals surface area contributed by atoms with Crippen LogP contribution in [0.15, 0.2) is 158 Å². The molecule has 0 N–H and O–H groups in total. The highest BCUT2D eigenvalue weighted by Gasteiger charge is 2.12. The van der Waals surface area contributed by atoms with Crippen LogP contribution in [0.2, 0.25) is 0 Å². The van der Waals surface area contributed by atoms with Crippen LogP contribution in [0.1, 0.15) is 39.8 Å². The minimum Gasteiger partial charge on any atom is -0.258 e. The summed E-state index contributed by atoms with van der Waals surface area (Å²) in [6.45, 7) is 0. The summed E-state index contributed by atoms with van der Waals surface area (Å²) in [6, 6.07) is 46.8. The normalized spacial score (nSPS) is 12.6. The number of benzene rings is 6. The second-order valence-electron chi connectivity index (χ2n) is 12.3. The Morgan fingerprint density at radius 3 is 0.843 bits per heavy atom. The van der Waals surface area contributed by atoms with Crippen LogP contribution in [-0.4, -0.2) is 9.85 Å². The molecule has 246 valence electrons. The number of rotatable bonds is 10. The summed E-state index contributed by atoms with van der Waals surface area (Å²) >= 11 is 0. The van der Waals surface area contributed by atoms with Crippen molar-refractivity contribution in [3.63, 3.8) is 0 Å². The molecule has 6 aromatic carbocycles. The van der Waals surface area contributed by atoms with E-state index in [9.17, 15) is 20.2 Å². The maximum Gasteiger partial charge on any atom is 0.269 e. The Morgan fingerprint density at radius 1 is 0.353 bits per heavy atom. The van der Waals surface area contributed by atoms with E-state index in [-0.39, 0.29) is 21.2 Å². The summed E-state index contributed by atoms with van der Waals surface area (Å²) < 4.78 is 0. The van der Waals surface area contributed by atoms with Crippen molar-refractivity contribution in [3.8, 4) is 22.3 Å². The molecule has 0 radical (unpaired) electrons. The van der Waals surface area contributed by atoms with E-state index < -0.39 is 0 Å². The molecule has 0 aromatic heterocycles. The second-order valence-corrected chi connectivity index (χ2v) is 12.3. The quantitative estimate of drug-likeness (QED) is 0.0828. The first-order chi connectivity index (χ1) is 24.9. The van der Waals surface area contributed by atoms with Gasteiger partial charge in [-0.1, -0.05) is 134 Å². The molecule has 0 bridgehead atoms. The monoisotopic (exact) mass is 664 g/mol. The van der Waals surface area contributed by atoms with Crippen molar-refractivity contribution in [2.24, 2.45) is 0 Å². The molecule has 0 amide bonds. The van der Waals surface area contributed by atoms with Gasteiger partial charge in [-0.25, -0.2) is 0 Å². The molecule has 51 heavy (non-hydrogen) atoms. The Morgan fingerprint density at radius 2 is 0.588 bits per heavy atom. The summed E-state index contributed by atoms with van der Waals surface area (Å²) in [4.78, 5) is 21.1. The number of allylic oxidation sites excluding steroid dienone is 4. The van der Waals surface area contributed by atoms with Gasteiger partial charge in [0.05, 0.1) is 9.85 Å². The molecular weight excluding hydrogens is 633 g/mol. The molecule has 0 unspecified atom stereocenters. The zero-order valence-corrected chi connectivity index (χ0v) is 27.6. The third-order valence-electron chi connectivity index (χ3n) is 9.01. The number of nitro groups is 2. The van der Waals surface area contributed by atoms with Crippen molar-refractivity contribution >= 4 is 46.8 Å². The lowest BCUT2D eigenvalue weighted by Crippen LogP contribution is -1.87. The van der Waals surface area contributed by atoms with E-state index in [1.54, 1.807) is 24.3 Å². The highest BCUT2D eigenvalue weighted by molar-refractivity contribution is 5.87. The predicted molar refractivity (Wildman–Crippen MR) is 208 cm³/mol. The fraction of sp³-hybridized carbons (Fsp3) is 0.0222. The number of nitro benzene ring substituents is 2. The summed E-state index contributed by atoms with van der Waals surface area (Å²) in [7, 11) is 0. The van der Waals surface area contributed by atoms with Crippen LogP contribution >= 0.6 is 0 Å². The van der Waals surface area contributed by atoms with Gasteiger partial charge in [-0.05, 0) is 97.5 Å². The number of non-ortho nitro benzene ring substituents is 2. The van der Waals surface area contributed by atoms with Gasteiger partial charge >= 0.3 is 0 Å². The lowest BCUT2D eigenvalue weighted by atomic mass is 9.97. The standard InChI is InChI=1S/C45H32N2O4/c48-46(49)44-27-23-38(24-28-44)36-13-5-32(6-14-36)1-3-34-9-17-40(18-10-34)42-21-22-43(31-42)41-19-11-35(12-20-41)4-2-33-7-15-37(16-8-33)39-25-29-45(30-26-39)47(50)51/h1-30H,31H2/b3-1+,4-2+. The lowest BCUT2D eigenvalue weighted by Gasteiger charge is -2.07. The lowest BCUT2D eigenvalue weighted by molar-refractivity contribution is -0.385. The Labute approximate surface area is 296 Å². The van der Waals surface area contributed by atoms with Gasteiger partial charge in [0.25, 0.3) is 11.4 Å². The molecule has 0 saturated heterocycles. The topological polar surface area (TPSA) is 86.3 Å². The van der Waals surface area contributed by atoms with Crippen molar-refractivity contribution < 1.29 is 9.85 Å². The number of hydrogen-bond acceptors (Lipinski definition) is 4. The highest BCUT2D eigenvalue weighted by atomic mass is 16.6. The predicted octanol–water partition coefficient (Wildman–Crippen LogP) is 12.0. The van der Waals surface area contributed by atoms with E-state index in [4.69, 9.17) is 0 Å². The Balaban J connectivity index is 0.911. The molecule has 0 atom stereocenters. The molecule has 1 aliphatic rings. The van der Waals surface area contributed by atoms with E-state index in [1.807, 2.05) is 48.5 Å². The van der Waals surface area contributed by atoms with Gasteiger partial charge < -0.3 is 0 Å². The fourth-order valence-electron chi connectivity index (χ4n) is 6.05. The Bertz CT molecular complexity index is 2150. The maximum absolute atomic E-state index is 10.9. The van der Waals surface area contributed by atoms with Crippen LogP contribution in [0.5, 0.6) is 0 Å². The van der Waals surface area contributed by atoms with E-state index in [1.165, 1.54) is 46.5 Å².